The van der Waals surface area contributed by atoms with E-state index in [4.69, 9.17) is 28.9 Å². The predicted molar refractivity (Wildman–Crippen MR) is 79.0 cm³/mol. The second kappa shape index (κ2) is 6.93. The van der Waals surface area contributed by atoms with Crippen LogP contribution in [0.2, 0.25) is 10.0 Å². The Balaban J connectivity index is 2.97. The number of non-ortho nitro benzene ring substituents is 1. The maximum Gasteiger partial charge on any atom is 0.272 e. The number of benzene rings is 1. The van der Waals surface area contributed by atoms with Gasteiger partial charge in [-0.15, -0.1) is 0 Å². The van der Waals surface area contributed by atoms with Gasteiger partial charge in [0.2, 0.25) is 0 Å². The molecule has 0 aliphatic carbocycles. The van der Waals surface area contributed by atoms with Crippen molar-refractivity contribution in [1.82, 2.24) is 0 Å². The number of nitrogens with zero attached hydrogens (tertiary/aromatic N) is 1. The average molecular weight is 306 g/mol. The number of hydrogen-bond acceptors (Lipinski definition) is 4. The van der Waals surface area contributed by atoms with E-state index in [1.54, 1.807) is 0 Å². The molecule has 0 radical (unpaired) electrons. The van der Waals surface area contributed by atoms with E-state index in [9.17, 15) is 10.1 Å². The summed E-state index contributed by atoms with van der Waals surface area (Å²) < 4.78 is 0. The van der Waals surface area contributed by atoms with E-state index >= 15 is 0 Å². The van der Waals surface area contributed by atoms with Gasteiger partial charge in [-0.1, -0.05) is 37.0 Å². The van der Waals surface area contributed by atoms with Crippen LogP contribution in [0.25, 0.3) is 0 Å². The molecular formula is C12H17Cl2N3O2. The quantitative estimate of drug-likeness (QED) is 0.620. The van der Waals surface area contributed by atoms with Crippen molar-refractivity contribution < 1.29 is 4.92 Å². The van der Waals surface area contributed by atoms with E-state index in [1.165, 1.54) is 12.1 Å². The molecule has 0 spiro atoms. The summed E-state index contributed by atoms with van der Waals surface area (Å²) in [6, 6.07) is 2.58. The Bertz CT molecular complexity index is 443. The van der Waals surface area contributed by atoms with Gasteiger partial charge in [0.15, 0.2) is 0 Å². The summed E-state index contributed by atoms with van der Waals surface area (Å²) in [4.78, 5) is 10.2. The third-order valence-electron chi connectivity index (χ3n) is 2.63. The fourth-order valence-electron chi connectivity index (χ4n) is 1.79. The van der Waals surface area contributed by atoms with Crippen molar-refractivity contribution in [2.45, 2.75) is 26.3 Å². The molecule has 0 saturated carbocycles. The second-order valence-corrected chi connectivity index (χ2v) is 5.56. The highest BCUT2D eigenvalue weighted by atomic mass is 35.5. The van der Waals surface area contributed by atoms with Gasteiger partial charge in [-0.25, -0.2) is 0 Å². The number of nitro groups is 1. The average Bonchev–Trinajstić information content (AvgIpc) is 2.31. The summed E-state index contributed by atoms with van der Waals surface area (Å²) in [7, 11) is 0. The maximum absolute atomic E-state index is 10.7. The number of anilines is 1. The third-order valence-corrected chi connectivity index (χ3v) is 3.22. The van der Waals surface area contributed by atoms with Crippen LogP contribution in [-0.2, 0) is 0 Å². The van der Waals surface area contributed by atoms with Crippen LogP contribution in [-0.4, -0.2) is 17.5 Å². The van der Waals surface area contributed by atoms with E-state index in [-0.39, 0.29) is 21.8 Å². The fraction of sp³-hybridized carbons (Fsp3) is 0.500. The molecule has 7 heteroatoms. The van der Waals surface area contributed by atoms with Crippen LogP contribution in [0, 0.1) is 16.0 Å². The molecule has 1 atom stereocenters. The molecule has 0 aliphatic rings. The monoisotopic (exact) mass is 305 g/mol. The number of nitrogens with one attached hydrogen (secondary N) is 1. The van der Waals surface area contributed by atoms with Crippen LogP contribution in [0.15, 0.2) is 12.1 Å². The van der Waals surface area contributed by atoms with Crippen molar-refractivity contribution in [3.05, 3.63) is 32.3 Å². The van der Waals surface area contributed by atoms with E-state index in [1.807, 2.05) is 0 Å². The Morgan fingerprint density at radius 3 is 2.26 bits per heavy atom. The lowest BCUT2D eigenvalue weighted by atomic mass is 10.0. The van der Waals surface area contributed by atoms with Crippen LogP contribution in [0.1, 0.15) is 20.3 Å². The van der Waals surface area contributed by atoms with Crippen molar-refractivity contribution in [3.8, 4) is 0 Å². The molecule has 1 unspecified atom stereocenters. The highest BCUT2D eigenvalue weighted by Crippen LogP contribution is 2.35. The van der Waals surface area contributed by atoms with E-state index in [2.05, 4.69) is 19.2 Å². The number of nitrogens with two attached hydrogens (primary N) is 1. The van der Waals surface area contributed by atoms with Gasteiger partial charge in [0, 0.05) is 24.7 Å². The van der Waals surface area contributed by atoms with Crippen LogP contribution >= 0.6 is 23.2 Å². The normalized spacial score (nSPS) is 12.5. The van der Waals surface area contributed by atoms with Gasteiger partial charge in [-0.3, -0.25) is 10.1 Å². The Hall–Kier alpha value is -1.04. The van der Waals surface area contributed by atoms with Crippen molar-refractivity contribution in [2.24, 2.45) is 11.7 Å². The molecular weight excluding hydrogens is 289 g/mol. The SMILES string of the molecule is CC(C)CC(CN)Nc1c(Cl)cc([N+](=O)[O-])cc1Cl. The minimum Gasteiger partial charge on any atom is -0.379 e. The van der Waals surface area contributed by atoms with Crippen LogP contribution in [0.5, 0.6) is 0 Å². The Morgan fingerprint density at radius 2 is 1.89 bits per heavy atom. The Kier molecular flexibility index (Phi) is 5.85. The first-order valence-corrected chi connectivity index (χ1v) is 6.70. The van der Waals surface area contributed by atoms with Crippen molar-refractivity contribution in [2.75, 3.05) is 11.9 Å². The molecule has 0 heterocycles. The first-order valence-electron chi connectivity index (χ1n) is 5.95. The zero-order valence-corrected chi connectivity index (χ0v) is 12.3. The van der Waals surface area contributed by atoms with Crippen molar-refractivity contribution in [1.29, 1.82) is 0 Å². The van der Waals surface area contributed by atoms with E-state index in [0.29, 0.717) is 18.2 Å². The topological polar surface area (TPSA) is 81.2 Å². The highest BCUT2D eigenvalue weighted by Gasteiger charge is 2.17. The van der Waals surface area contributed by atoms with Crippen molar-refractivity contribution >= 4 is 34.6 Å². The Labute approximate surface area is 122 Å². The summed E-state index contributed by atoms with van der Waals surface area (Å²) >= 11 is 12.0. The molecule has 5 nitrogen and oxygen atoms in total. The second-order valence-electron chi connectivity index (χ2n) is 4.75. The van der Waals surface area contributed by atoms with E-state index < -0.39 is 4.92 Å². The molecule has 1 aromatic carbocycles. The van der Waals surface area contributed by atoms with Gasteiger partial charge < -0.3 is 11.1 Å². The largest absolute Gasteiger partial charge is 0.379 e. The third kappa shape index (κ3) is 4.53. The summed E-state index contributed by atoms with van der Waals surface area (Å²) in [5.74, 6) is 0.469. The summed E-state index contributed by atoms with van der Waals surface area (Å²) in [6.45, 7) is 4.61. The maximum atomic E-state index is 10.7. The standard InChI is InChI=1S/C12H17Cl2N3O2/c1-7(2)3-8(6-15)16-12-10(13)4-9(17(18)19)5-11(12)14/h4-5,7-8,16H,3,6,15H2,1-2H3. The molecule has 1 aromatic rings. The fourth-order valence-corrected chi connectivity index (χ4v) is 2.37. The van der Waals surface area contributed by atoms with Gasteiger partial charge >= 0.3 is 0 Å². The molecule has 0 fully saturated rings. The lowest BCUT2D eigenvalue weighted by Gasteiger charge is -2.21. The molecule has 19 heavy (non-hydrogen) atoms. The first kappa shape index (κ1) is 16.0. The molecule has 0 aliphatic heterocycles. The molecule has 0 saturated heterocycles. The molecule has 0 bridgehead atoms. The minimum absolute atomic E-state index is 0.0245. The number of nitro benzene ring substituents is 1. The lowest BCUT2D eigenvalue weighted by Crippen LogP contribution is -2.30. The van der Waals surface area contributed by atoms with Gasteiger partial charge in [-0.05, 0) is 12.3 Å². The zero-order valence-electron chi connectivity index (χ0n) is 10.8. The highest BCUT2D eigenvalue weighted by molar-refractivity contribution is 6.39. The molecule has 0 aromatic heterocycles. The van der Waals surface area contributed by atoms with Crippen LogP contribution in [0.4, 0.5) is 11.4 Å². The van der Waals surface area contributed by atoms with Gasteiger partial charge in [-0.2, -0.15) is 0 Å². The molecule has 0 amide bonds. The van der Waals surface area contributed by atoms with E-state index in [0.717, 1.165) is 6.42 Å². The molecule has 3 N–H and O–H groups in total. The summed E-state index contributed by atoms with van der Waals surface area (Å²) in [5.41, 5.74) is 6.05. The van der Waals surface area contributed by atoms with Crippen molar-refractivity contribution in [3.63, 3.8) is 0 Å². The van der Waals surface area contributed by atoms with Gasteiger partial charge in [0.25, 0.3) is 5.69 Å². The van der Waals surface area contributed by atoms with Crippen LogP contribution < -0.4 is 11.1 Å². The summed E-state index contributed by atoms with van der Waals surface area (Å²) in [5, 5.41) is 14.3. The molecule has 106 valence electrons. The Morgan fingerprint density at radius 1 is 1.37 bits per heavy atom. The molecule has 1 rings (SSSR count). The smallest absolute Gasteiger partial charge is 0.272 e. The number of rotatable bonds is 6. The lowest BCUT2D eigenvalue weighted by molar-refractivity contribution is -0.384. The zero-order chi connectivity index (χ0) is 14.6. The van der Waals surface area contributed by atoms with Crippen LogP contribution in [0.3, 0.4) is 0 Å². The summed E-state index contributed by atoms with van der Waals surface area (Å²) in [6.07, 6.45) is 0.861. The number of halogens is 2. The minimum atomic E-state index is -0.532. The predicted octanol–water partition coefficient (Wildman–Crippen LogP) is 3.69. The first-order chi connectivity index (χ1) is 8.85. The van der Waals surface area contributed by atoms with Gasteiger partial charge in [0.05, 0.1) is 20.7 Å². The van der Waals surface area contributed by atoms with Gasteiger partial charge in [0.1, 0.15) is 0 Å². The number of hydrogen-bond donors (Lipinski definition) is 2.